The quantitative estimate of drug-likeness (QED) is 0.790. The average Bonchev–Trinajstić information content (AvgIpc) is 3.29. The fourth-order valence-electron chi connectivity index (χ4n) is 5.47. The number of rotatable bonds is 4. The molecule has 1 amide bonds. The Hall–Kier alpha value is -2.57. The zero-order valence-corrected chi connectivity index (χ0v) is 17.9. The van der Waals surface area contributed by atoms with Gasteiger partial charge in [0.2, 0.25) is 5.91 Å². The van der Waals surface area contributed by atoms with Crippen LogP contribution in [0.4, 0.5) is 5.69 Å². The molecule has 0 radical (unpaired) electrons. The Kier molecular flexibility index (Phi) is 5.59. The second-order valence-electron chi connectivity index (χ2n) is 8.78. The van der Waals surface area contributed by atoms with Gasteiger partial charge >= 0.3 is 0 Å². The first-order valence-corrected chi connectivity index (χ1v) is 11.2. The van der Waals surface area contributed by atoms with E-state index >= 15 is 0 Å². The van der Waals surface area contributed by atoms with Crippen LogP contribution in [0.15, 0.2) is 42.5 Å². The van der Waals surface area contributed by atoms with Crippen molar-refractivity contribution in [2.45, 2.75) is 31.3 Å². The zero-order valence-electron chi connectivity index (χ0n) is 17.9. The molecule has 3 heterocycles. The van der Waals surface area contributed by atoms with E-state index in [9.17, 15) is 9.90 Å². The van der Waals surface area contributed by atoms with Crippen LogP contribution in [0.2, 0.25) is 0 Å². The Bertz CT molecular complexity index is 956. The third kappa shape index (κ3) is 3.68. The fraction of sp³-hybridized carbons (Fsp3) is 0.480. The smallest absolute Gasteiger partial charge is 0.226 e. The van der Waals surface area contributed by atoms with E-state index in [-0.39, 0.29) is 36.4 Å². The van der Waals surface area contributed by atoms with Crippen LogP contribution in [0.3, 0.4) is 0 Å². The highest BCUT2D eigenvalue weighted by Crippen LogP contribution is 2.48. The third-order valence-electron chi connectivity index (χ3n) is 7.13. The summed E-state index contributed by atoms with van der Waals surface area (Å²) in [7, 11) is 1.67. The molecule has 0 spiro atoms. The molecule has 2 saturated heterocycles. The van der Waals surface area contributed by atoms with Gasteiger partial charge in [0.1, 0.15) is 5.75 Å². The van der Waals surface area contributed by atoms with Gasteiger partial charge < -0.3 is 24.8 Å². The molecule has 3 aliphatic heterocycles. The number of aliphatic hydroxyl groups excluding tert-OH is 1. The number of nitrogens with one attached hydrogen (secondary N) is 1. The van der Waals surface area contributed by atoms with Gasteiger partial charge in [0, 0.05) is 37.3 Å². The van der Waals surface area contributed by atoms with Crippen molar-refractivity contribution in [3.8, 4) is 16.9 Å². The van der Waals surface area contributed by atoms with Crippen molar-refractivity contribution in [3.05, 3.63) is 48.0 Å². The van der Waals surface area contributed by atoms with E-state index in [1.54, 1.807) is 7.11 Å². The van der Waals surface area contributed by atoms with Gasteiger partial charge in [-0.1, -0.05) is 18.2 Å². The molecular formula is C25H30N2O4. The molecule has 2 N–H and O–H groups in total. The first-order valence-electron chi connectivity index (χ1n) is 11.2. The number of nitrogens with zero attached hydrogens (tertiary/aromatic N) is 1. The lowest BCUT2D eigenvalue weighted by Gasteiger charge is -2.40. The SMILES string of the molecule is COc1cccc(-c2ccc3c(c2)[C@H]2[C@H](CCN2C(=O)C2CCOCC2)[C@H](CO)N3)c1. The van der Waals surface area contributed by atoms with Crippen molar-refractivity contribution in [2.24, 2.45) is 11.8 Å². The lowest BCUT2D eigenvalue weighted by atomic mass is 9.82. The largest absolute Gasteiger partial charge is 0.497 e. The van der Waals surface area contributed by atoms with Gasteiger partial charge in [0.15, 0.2) is 0 Å². The van der Waals surface area contributed by atoms with Gasteiger partial charge in [-0.15, -0.1) is 0 Å². The van der Waals surface area contributed by atoms with E-state index in [0.29, 0.717) is 13.2 Å². The molecule has 6 heteroatoms. The van der Waals surface area contributed by atoms with Gasteiger partial charge in [-0.05, 0) is 60.2 Å². The maximum absolute atomic E-state index is 13.5. The molecule has 6 nitrogen and oxygen atoms in total. The van der Waals surface area contributed by atoms with Crippen LogP contribution in [0.25, 0.3) is 11.1 Å². The lowest BCUT2D eigenvalue weighted by Crippen LogP contribution is -2.44. The predicted octanol–water partition coefficient (Wildman–Crippen LogP) is 3.46. The maximum atomic E-state index is 13.5. The summed E-state index contributed by atoms with van der Waals surface area (Å²) in [6.45, 7) is 2.13. The van der Waals surface area contributed by atoms with E-state index in [2.05, 4.69) is 34.5 Å². The topological polar surface area (TPSA) is 71.0 Å². The van der Waals surface area contributed by atoms with Crippen molar-refractivity contribution in [3.63, 3.8) is 0 Å². The molecular weight excluding hydrogens is 392 g/mol. The summed E-state index contributed by atoms with van der Waals surface area (Å²) in [6, 6.07) is 14.4. The first kappa shape index (κ1) is 20.3. The van der Waals surface area contributed by atoms with Gasteiger partial charge in [-0.25, -0.2) is 0 Å². The Morgan fingerprint density at radius 3 is 2.74 bits per heavy atom. The number of methoxy groups -OCH3 is 1. The molecule has 5 rings (SSSR count). The molecule has 3 aliphatic rings. The van der Waals surface area contributed by atoms with Crippen LogP contribution in [-0.4, -0.2) is 55.4 Å². The monoisotopic (exact) mass is 422 g/mol. The predicted molar refractivity (Wildman–Crippen MR) is 119 cm³/mol. The van der Waals surface area contributed by atoms with Gasteiger partial charge in [0.25, 0.3) is 0 Å². The number of amides is 1. The molecule has 0 bridgehead atoms. The normalized spacial score (nSPS) is 25.5. The molecule has 164 valence electrons. The molecule has 3 atom stereocenters. The minimum absolute atomic E-state index is 0.00528. The second-order valence-corrected chi connectivity index (χ2v) is 8.78. The Balaban J connectivity index is 1.52. The minimum Gasteiger partial charge on any atom is -0.497 e. The first-order chi connectivity index (χ1) is 15.2. The Morgan fingerprint density at radius 2 is 1.97 bits per heavy atom. The fourth-order valence-corrected chi connectivity index (χ4v) is 5.47. The van der Waals surface area contributed by atoms with Crippen LogP contribution in [0.5, 0.6) is 5.75 Å². The molecule has 2 aromatic carbocycles. The molecule has 0 aromatic heterocycles. The molecule has 0 unspecified atom stereocenters. The molecule has 31 heavy (non-hydrogen) atoms. The highest BCUT2D eigenvalue weighted by molar-refractivity contribution is 5.81. The van der Waals surface area contributed by atoms with Crippen molar-refractivity contribution in [1.82, 2.24) is 4.90 Å². The van der Waals surface area contributed by atoms with Gasteiger partial charge in [-0.2, -0.15) is 0 Å². The molecule has 0 saturated carbocycles. The summed E-state index contributed by atoms with van der Waals surface area (Å²) >= 11 is 0. The third-order valence-corrected chi connectivity index (χ3v) is 7.13. The average molecular weight is 423 g/mol. The van der Waals surface area contributed by atoms with Crippen LogP contribution in [0.1, 0.15) is 30.9 Å². The van der Waals surface area contributed by atoms with Gasteiger partial charge in [-0.3, -0.25) is 4.79 Å². The molecule has 2 fully saturated rings. The number of carbonyl (C=O) groups is 1. The maximum Gasteiger partial charge on any atom is 0.226 e. The zero-order chi connectivity index (χ0) is 21.4. The van der Waals surface area contributed by atoms with E-state index in [0.717, 1.165) is 53.9 Å². The summed E-state index contributed by atoms with van der Waals surface area (Å²) in [4.78, 5) is 15.6. The highest BCUT2D eigenvalue weighted by atomic mass is 16.5. The van der Waals surface area contributed by atoms with E-state index in [1.807, 2.05) is 18.2 Å². The number of hydrogen-bond acceptors (Lipinski definition) is 5. The molecule has 0 aliphatic carbocycles. The number of carbonyl (C=O) groups excluding carboxylic acids is 1. The van der Waals surface area contributed by atoms with Crippen LogP contribution >= 0.6 is 0 Å². The standard InChI is InChI=1S/C25H30N2O4/c1-30-19-4-2-3-17(13-19)18-5-6-22-21(14-18)24-20(23(15-28)26-22)7-10-27(24)25(29)16-8-11-31-12-9-16/h2-6,13-14,16,20,23-24,26,28H,7-12,15H2,1H3/t20-,23+,24-/m1/s1. The van der Waals surface area contributed by atoms with E-state index < -0.39 is 0 Å². The summed E-state index contributed by atoms with van der Waals surface area (Å²) in [6.07, 6.45) is 2.50. The number of aliphatic hydroxyl groups is 1. The van der Waals surface area contributed by atoms with Gasteiger partial charge in [0.05, 0.1) is 25.8 Å². The summed E-state index contributed by atoms with van der Waals surface area (Å²) in [5.74, 6) is 1.32. The second kappa shape index (κ2) is 8.52. The number of benzene rings is 2. The number of hydrogen-bond donors (Lipinski definition) is 2. The van der Waals surface area contributed by atoms with Crippen LogP contribution in [0, 0.1) is 11.8 Å². The highest BCUT2D eigenvalue weighted by Gasteiger charge is 2.46. The van der Waals surface area contributed by atoms with Crippen molar-refractivity contribution >= 4 is 11.6 Å². The molecule has 2 aromatic rings. The van der Waals surface area contributed by atoms with Crippen LogP contribution in [-0.2, 0) is 9.53 Å². The number of anilines is 1. The Labute approximate surface area is 183 Å². The summed E-state index contributed by atoms with van der Waals surface area (Å²) < 4.78 is 10.9. The van der Waals surface area contributed by atoms with Crippen molar-refractivity contribution < 1.29 is 19.4 Å². The lowest BCUT2D eigenvalue weighted by molar-refractivity contribution is -0.140. The Morgan fingerprint density at radius 1 is 1.16 bits per heavy atom. The van der Waals surface area contributed by atoms with E-state index in [4.69, 9.17) is 9.47 Å². The summed E-state index contributed by atoms with van der Waals surface area (Å²) in [5.41, 5.74) is 4.35. The number of ether oxygens (including phenoxy) is 2. The minimum atomic E-state index is -0.0346. The number of likely N-dealkylation sites (tertiary alicyclic amines) is 1. The van der Waals surface area contributed by atoms with E-state index in [1.165, 1.54) is 0 Å². The van der Waals surface area contributed by atoms with Crippen molar-refractivity contribution in [2.75, 3.05) is 38.8 Å². The van der Waals surface area contributed by atoms with Crippen molar-refractivity contribution in [1.29, 1.82) is 0 Å². The van der Waals surface area contributed by atoms with Crippen LogP contribution < -0.4 is 10.1 Å². The number of fused-ring (bicyclic) bond motifs is 3. The summed E-state index contributed by atoms with van der Waals surface area (Å²) in [5, 5.41) is 13.6.